The van der Waals surface area contributed by atoms with Crippen molar-refractivity contribution in [3.8, 4) is 17.2 Å². The van der Waals surface area contributed by atoms with Crippen LogP contribution in [0.15, 0.2) is 65.8 Å². The number of halogens is 3. The lowest BCUT2D eigenvalue weighted by Crippen LogP contribution is -2.41. The first-order valence-corrected chi connectivity index (χ1v) is 17.4. The smallest absolute Gasteiger partial charge is 0.269 e. The number of aromatic nitrogens is 2. The molecule has 4 aromatic rings. The fourth-order valence-corrected chi connectivity index (χ4v) is 8.46. The van der Waals surface area contributed by atoms with Gasteiger partial charge in [-0.2, -0.15) is 4.37 Å². The standard InChI is InChI=1S/C32H32ClF2N3O7S2/c1-41-24-8-5-21(28(13-24)42-2)17-38(31-36-19-37-46-31)47(39,40)30-15-26(34)29(14-27(30)35)43-18-22-16-32(44-11-12-45-32)10-9-25(22)20-3-6-23(33)7-4-20/h3-8,13-15,19,22,25H,9-12,16-18H2,1-2H3/t22-,25-/m1/s1. The highest BCUT2D eigenvalue weighted by Crippen LogP contribution is 2.46. The van der Waals surface area contributed by atoms with E-state index in [1.54, 1.807) is 18.2 Å². The van der Waals surface area contributed by atoms with Gasteiger partial charge in [0.15, 0.2) is 17.4 Å². The lowest BCUT2D eigenvalue weighted by atomic mass is 9.73. The molecule has 1 saturated heterocycles. The number of anilines is 1. The van der Waals surface area contributed by atoms with Gasteiger partial charge in [0.25, 0.3) is 10.0 Å². The van der Waals surface area contributed by atoms with Crippen LogP contribution in [-0.2, 0) is 26.0 Å². The van der Waals surface area contributed by atoms with Crippen molar-refractivity contribution in [1.82, 2.24) is 9.36 Å². The predicted octanol–water partition coefficient (Wildman–Crippen LogP) is 6.59. The maximum atomic E-state index is 15.7. The molecule has 1 aliphatic heterocycles. The van der Waals surface area contributed by atoms with E-state index in [0.29, 0.717) is 54.2 Å². The number of methoxy groups -OCH3 is 2. The van der Waals surface area contributed by atoms with Crippen molar-refractivity contribution < 1.29 is 40.9 Å². The lowest BCUT2D eigenvalue weighted by Gasteiger charge is -2.41. The predicted molar refractivity (Wildman–Crippen MR) is 171 cm³/mol. The molecular formula is C32H32ClF2N3O7S2. The van der Waals surface area contributed by atoms with Crippen molar-refractivity contribution in [3.05, 3.63) is 88.7 Å². The summed E-state index contributed by atoms with van der Waals surface area (Å²) in [5.74, 6) is -2.72. The number of hydrogen-bond donors (Lipinski definition) is 0. The minimum absolute atomic E-state index is 0.0123. The highest BCUT2D eigenvalue weighted by atomic mass is 35.5. The van der Waals surface area contributed by atoms with E-state index in [-0.39, 0.29) is 30.1 Å². The summed E-state index contributed by atoms with van der Waals surface area (Å²) in [5, 5.41) is 0.565. The second-order valence-electron chi connectivity index (χ2n) is 11.2. The molecule has 0 radical (unpaired) electrons. The van der Waals surface area contributed by atoms with Gasteiger partial charge >= 0.3 is 0 Å². The van der Waals surface area contributed by atoms with Crippen LogP contribution >= 0.6 is 23.1 Å². The van der Waals surface area contributed by atoms with E-state index in [4.69, 9.17) is 35.3 Å². The van der Waals surface area contributed by atoms with Gasteiger partial charge < -0.3 is 23.7 Å². The van der Waals surface area contributed by atoms with Crippen LogP contribution in [-0.4, -0.2) is 57.6 Å². The van der Waals surface area contributed by atoms with Gasteiger partial charge in [0.2, 0.25) is 5.13 Å². The quantitative estimate of drug-likeness (QED) is 0.171. The summed E-state index contributed by atoms with van der Waals surface area (Å²) < 4.78 is 92.4. The molecule has 47 heavy (non-hydrogen) atoms. The average Bonchev–Trinajstić information content (AvgIpc) is 3.77. The molecule has 1 aliphatic carbocycles. The van der Waals surface area contributed by atoms with Crippen molar-refractivity contribution in [1.29, 1.82) is 0 Å². The number of sulfonamides is 1. The normalized spacial score (nSPS) is 19.1. The van der Waals surface area contributed by atoms with E-state index in [1.807, 2.05) is 24.3 Å². The summed E-state index contributed by atoms with van der Waals surface area (Å²) in [6.45, 7) is 0.671. The largest absolute Gasteiger partial charge is 0.497 e. The van der Waals surface area contributed by atoms with Crippen molar-refractivity contribution in [2.45, 2.75) is 42.4 Å². The molecule has 10 nitrogen and oxygen atoms in total. The first-order valence-electron chi connectivity index (χ1n) is 14.8. The first-order chi connectivity index (χ1) is 22.6. The molecule has 6 rings (SSSR count). The Balaban J connectivity index is 1.26. The Morgan fingerprint density at radius 2 is 1.79 bits per heavy atom. The van der Waals surface area contributed by atoms with Gasteiger partial charge in [-0.1, -0.05) is 23.7 Å². The molecule has 0 unspecified atom stereocenters. The summed E-state index contributed by atoms with van der Waals surface area (Å²) in [4.78, 5) is 3.15. The molecule has 0 N–H and O–H groups in total. The molecule has 2 aliphatic rings. The third-order valence-electron chi connectivity index (χ3n) is 8.47. The summed E-state index contributed by atoms with van der Waals surface area (Å²) >= 11 is 6.90. The van der Waals surface area contributed by atoms with Crippen molar-refractivity contribution in [2.24, 2.45) is 5.92 Å². The molecule has 1 saturated carbocycles. The molecule has 2 fully saturated rings. The molecular weight excluding hydrogens is 676 g/mol. The molecule has 1 spiro atoms. The van der Waals surface area contributed by atoms with Crippen LogP contribution in [0, 0.1) is 17.6 Å². The third-order valence-corrected chi connectivity index (χ3v) is 11.3. The summed E-state index contributed by atoms with van der Waals surface area (Å²) in [5.41, 5.74) is 1.47. The third kappa shape index (κ3) is 7.02. The zero-order chi connectivity index (χ0) is 33.2. The maximum Gasteiger partial charge on any atom is 0.269 e. The minimum Gasteiger partial charge on any atom is -0.497 e. The molecule has 1 aromatic heterocycles. The summed E-state index contributed by atoms with van der Waals surface area (Å²) in [6, 6.07) is 13.7. The van der Waals surface area contributed by atoms with Crippen molar-refractivity contribution in [2.75, 3.05) is 38.3 Å². The number of nitrogens with zero attached hydrogens (tertiary/aromatic N) is 3. The molecule has 0 bridgehead atoms. The topological polar surface area (TPSA) is 109 Å². The number of benzene rings is 3. The van der Waals surface area contributed by atoms with Gasteiger partial charge in [-0.3, -0.25) is 0 Å². The van der Waals surface area contributed by atoms with Gasteiger partial charge in [0, 0.05) is 59.1 Å². The summed E-state index contributed by atoms with van der Waals surface area (Å²) in [6.07, 6.45) is 3.07. The second kappa shape index (κ2) is 13.9. The van der Waals surface area contributed by atoms with Crippen LogP contribution in [0.2, 0.25) is 5.02 Å². The Labute approximate surface area is 280 Å². The molecule has 0 amide bonds. The van der Waals surface area contributed by atoms with E-state index in [0.717, 1.165) is 33.9 Å². The Morgan fingerprint density at radius 3 is 2.47 bits per heavy atom. The zero-order valence-electron chi connectivity index (χ0n) is 25.5. The van der Waals surface area contributed by atoms with Gasteiger partial charge in [0.1, 0.15) is 28.5 Å². The minimum atomic E-state index is -4.69. The van der Waals surface area contributed by atoms with E-state index in [2.05, 4.69) is 9.36 Å². The number of ether oxygens (including phenoxy) is 5. The second-order valence-corrected chi connectivity index (χ2v) is 14.2. The molecule has 15 heteroatoms. The molecule has 3 aromatic carbocycles. The fraction of sp³-hybridized carbons (Fsp3) is 0.375. The Morgan fingerprint density at radius 1 is 1.02 bits per heavy atom. The van der Waals surface area contributed by atoms with Gasteiger partial charge in [-0.25, -0.2) is 26.5 Å². The van der Waals surface area contributed by atoms with Crippen molar-refractivity contribution >= 4 is 38.3 Å². The summed E-state index contributed by atoms with van der Waals surface area (Å²) in [7, 11) is -1.78. The highest BCUT2D eigenvalue weighted by molar-refractivity contribution is 7.93. The van der Waals surface area contributed by atoms with Crippen LogP contribution in [0.25, 0.3) is 0 Å². The Bertz CT molecular complexity index is 1810. The van der Waals surface area contributed by atoms with Crippen LogP contribution < -0.4 is 18.5 Å². The number of rotatable bonds is 11. The van der Waals surface area contributed by atoms with Crippen molar-refractivity contribution in [3.63, 3.8) is 0 Å². The average molecular weight is 708 g/mol. The first kappa shape index (κ1) is 33.3. The van der Waals surface area contributed by atoms with Crippen LogP contribution in [0.4, 0.5) is 13.9 Å². The van der Waals surface area contributed by atoms with Crippen LogP contribution in [0.3, 0.4) is 0 Å². The Hall–Kier alpha value is -3.56. The molecule has 2 atom stereocenters. The van der Waals surface area contributed by atoms with Crippen LogP contribution in [0.5, 0.6) is 17.2 Å². The highest BCUT2D eigenvalue weighted by Gasteiger charge is 2.46. The van der Waals surface area contributed by atoms with E-state index < -0.39 is 38.1 Å². The monoisotopic (exact) mass is 707 g/mol. The van der Waals surface area contributed by atoms with Gasteiger partial charge in [-0.15, -0.1) is 0 Å². The van der Waals surface area contributed by atoms with Gasteiger partial charge in [0.05, 0.1) is 40.6 Å². The lowest BCUT2D eigenvalue weighted by molar-refractivity contribution is -0.192. The van der Waals surface area contributed by atoms with Gasteiger partial charge in [-0.05, 0) is 42.2 Å². The zero-order valence-corrected chi connectivity index (χ0v) is 27.9. The Kier molecular flexibility index (Phi) is 9.85. The fourth-order valence-electron chi connectivity index (χ4n) is 6.14. The van der Waals surface area contributed by atoms with Crippen LogP contribution in [0.1, 0.15) is 36.3 Å². The van der Waals surface area contributed by atoms with E-state index >= 15 is 8.78 Å². The molecule has 2 heterocycles. The van der Waals surface area contributed by atoms with E-state index in [9.17, 15) is 8.42 Å². The van der Waals surface area contributed by atoms with E-state index in [1.165, 1.54) is 20.5 Å². The SMILES string of the molecule is COc1ccc(CN(c2ncns2)S(=O)(=O)c2cc(F)c(OC[C@H]3CC4(CC[C@@H]3c3ccc(Cl)cc3)OCCO4)cc2F)c(OC)c1. The maximum absolute atomic E-state index is 15.7. The number of hydrogen-bond acceptors (Lipinski definition) is 10. The molecule has 250 valence electrons.